The normalized spacial score (nSPS) is 26.0. The van der Waals surface area contributed by atoms with Crippen molar-refractivity contribution in [2.75, 3.05) is 25.4 Å². The minimum Gasteiger partial charge on any atom is -0.449 e. The molecule has 2 aliphatic carbocycles. The first-order valence-corrected chi connectivity index (χ1v) is 15.1. The van der Waals surface area contributed by atoms with Gasteiger partial charge in [0.15, 0.2) is 23.8 Å². The molecule has 5 N–H and O–H groups in total. The summed E-state index contributed by atoms with van der Waals surface area (Å²) in [6.45, 7) is 5.83. The standard InChI is InChI=1S/C27H35N7O6.C2H6/c28-23-19-24(34(14-29-19)26-21(36)20(35)22(40-26)25(37)30-17-7-8-17)32-18(31-23)6-2-3-15-9-11-33(12-10-15)27(38)39-13-16-4-1-5-16;1-2/h14-17,20-22,26,35-36H,1,3-5,7-13H2,(H,30,37)(H2,28,31,32);1-2H3/t20?,21-,22-,26+;/m0./s1. The fourth-order valence-corrected chi connectivity index (χ4v) is 5.33. The molecule has 2 amide bonds. The van der Waals surface area contributed by atoms with Crippen molar-refractivity contribution in [2.24, 2.45) is 11.8 Å². The molecule has 2 aliphatic heterocycles. The third-order valence-electron chi connectivity index (χ3n) is 8.27. The molecule has 13 nitrogen and oxygen atoms in total. The molecular formula is C29H41N7O6. The summed E-state index contributed by atoms with van der Waals surface area (Å²) >= 11 is 0. The Kier molecular flexibility index (Phi) is 9.45. The van der Waals surface area contributed by atoms with Gasteiger partial charge in [-0.3, -0.25) is 9.36 Å². The van der Waals surface area contributed by atoms with Gasteiger partial charge in [-0.2, -0.15) is 0 Å². The van der Waals surface area contributed by atoms with E-state index in [0.717, 1.165) is 38.5 Å². The highest BCUT2D eigenvalue weighted by Crippen LogP contribution is 2.33. The molecule has 0 radical (unpaired) electrons. The number of aromatic nitrogens is 4. The number of hydrogen-bond donors (Lipinski definition) is 4. The summed E-state index contributed by atoms with van der Waals surface area (Å²) < 4.78 is 12.7. The van der Waals surface area contributed by atoms with E-state index in [-0.39, 0.29) is 29.4 Å². The Bertz CT molecular complexity index is 1320. The molecule has 4 fully saturated rings. The van der Waals surface area contributed by atoms with Crippen molar-refractivity contribution in [1.29, 1.82) is 0 Å². The van der Waals surface area contributed by atoms with Gasteiger partial charge in [-0.05, 0) is 56.3 Å². The quantitative estimate of drug-likeness (QED) is 0.366. The van der Waals surface area contributed by atoms with E-state index in [9.17, 15) is 19.8 Å². The number of aliphatic hydroxyl groups excluding tert-OH is 2. The van der Waals surface area contributed by atoms with Gasteiger partial charge in [0.25, 0.3) is 5.91 Å². The number of hydrogen-bond acceptors (Lipinski definition) is 10. The minimum atomic E-state index is -1.41. The molecule has 0 bridgehead atoms. The van der Waals surface area contributed by atoms with Crippen LogP contribution < -0.4 is 11.1 Å². The average molecular weight is 584 g/mol. The molecule has 13 heteroatoms. The Hall–Kier alpha value is -3.47. The topological polar surface area (TPSA) is 178 Å². The Labute approximate surface area is 245 Å². The van der Waals surface area contributed by atoms with Crippen LogP contribution in [0.15, 0.2) is 6.33 Å². The number of nitrogens with one attached hydrogen (secondary N) is 1. The molecule has 4 atom stereocenters. The van der Waals surface area contributed by atoms with Crippen molar-refractivity contribution in [1.82, 2.24) is 29.7 Å². The zero-order valence-electron chi connectivity index (χ0n) is 24.2. The number of nitrogen functional groups attached to an aromatic ring is 1. The number of nitrogens with zero attached hydrogens (tertiary/aromatic N) is 5. The number of piperidine rings is 1. The molecule has 2 aromatic rings. The van der Waals surface area contributed by atoms with Crippen LogP contribution in [-0.2, 0) is 14.3 Å². The maximum Gasteiger partial charge on any atom is 0.409 e. The van der Waals surface area contributed by atoms with Gasteiger partial charge in [0.05, 0.1) is 12.9 Å². The van der Waals surface area contributed by atoms with E-state index in [4.69, 9.17) is 15.2 Å². The predicted molar refractivity (Wildman–Crippen MR) is 153 cm³/mol. The van der Waals surface area contributed by atoms with E-state index in [1.807, 2.05) is 13.8 Å². The lowest BCUT2D eigenvalue weighted by Crippen LogP contribution is -2.43. The Morgan fingerprint density at radius 2 is 1.83 bits per heavy atom. The molecule has 1 unspecified atom stereocenters. The molecule has 0 aromatic carbocycles. The Balaban J connectivity index is 0.00000173. The molecule has 4 aliphatic rings. The van der Waals surface area contributed by atoms with Crippen LogP contribution in [0.2, 0.25) is 0 Å². The maximum atomic E-state index is 12.5. The second kappa shape index (κ2) is 13.2. The van der Waals surface area contributed by atoms with Crippen LogP contribution in [0.5, 0.6) is 0 Å². The molecule has 4 heterocycles. The molecule has 2 saturated carbocycles. The number of carbonyl (C=O) groups is 2. The highest BCUT2D eigenvalue weighted by Gasteiger charge is 2.48. The van der Waals surface area contributed by atoms with Gasteiger partial charge in [-0.1, -0.05) is 26.2 Å². The molecule has 2 saturated heterocycles. The van der Waals surface area contributed by atoms with Gasteiger partial charge < -0.3 is 35.6 Å². The lowest BCUT2D eigenvalue weighted by Gasteiger charge is -2.32. The van der Waals surface area contributed by atoms with Gasteiger partial charge >= 0.3 is 6.09 Å². The molecule has 2 aromatic heterocycles. The second-order valence-corrected chi connectivity index (χ2v) is 11.3. The van der Waals surface area contributed by atoms with Gasteiger partial charge in [0, 0.05) is 25.6 Å². The van der Waals surface area contributed by atoms with Crippen molar-refractivity contribution in [3.05, 3.63) is 12.2 Å². The third kappa shape index (κ3) is 6.61. The van der Waals surface area contributed by atoms with Crippen LogP contribution in [0.1, 0.15) is 77.3 Å². The monoisotopic (exact) mass is 583 g/mol. The smallest absolute Gasteiger partial charge is 0.409 e. The number of aliphatic hydroxyl groups is 2. The number of nitrogens with two attached hydrogens (primary N) is 1. The lowest BCUT2D eigenvalue weighted by molar-refractivity contribution is -0.137. The van der Waals surface area contributed by atoms with Crippen molar-refractivity contribution >= 4 is 29.0 Å². The molecular weight excluding hydrogens is 542 g/mol. The van der Waals surface area contributed by atoms with Crippen molar-refractivity contribution in [3.8, 4) is 11.8 Å². The summed E-state index contributed by atoms with van der Waals surface area (Å²) in [4.78, 5) is 39.5. The van der Waals surface area contributed by atoms with E-state index >= 15 is 0 Å². The van der Waals surface area contributed by atoms with Crippen molar-refractivity contribution in [2.45, 2.75) is 95.8 Å². The van der Waals surface area contributed by atoms with E-state index in [1.165, 1.54) is 17.3 Å². The first kappa shape index (κ1) is 30.0. The number of carbonyl (C=O) groups excluding carboxylic acids is 2. The second-order valence-electron chi connectivity index (χ2n) is 11.3. The minimum absolute atomic E-state index is 0.0906. The lowest BCUT2D eigenvalue weighted by atomic mass is 9.86. The number of fused-ring (bicyclic) bond motifs is 1. The largest absolute Gasteiger partial charge is 0.449 e. The van der Waals surface area contributed by atoms with E-state index in [0.29, 0.717) is 43.5 Å². The van der Waals surface area contributed by atoms with Crippen LogP contribution in [-0.4, -0.2) is 90.7 Å². The number of amides is 2. The van der Waals surface area contributed by atoms with E-state index < -0.39 is 30.4 Å². The van der Waals surface area contributed by atoms with Crippen molar-refractivity contribution in [3.63, 3.8) is 0 Å². The maximum absolute atomic E-state index is 12.5. The zero-order chi connectivity index (χ0) is 29.8. The summed E-state index contributed by atoms with van der Waals surface area (Å²) in [5.41, 5.74) is 6.71. The van der Waals surface area contributed by atoms with E-state index in [1.54, 1.807) is 4.90 Å². The summed E-state index contributed by atoms with van der Waals surface area (Å²) in [6.07, 6.45) is 3.71. The van der Waals surface area contributed by atoms with E-state index in [2.05, 4.69) is 32.1 Å². The summed E-state index contributed by atoms with van der Waals surface area (Å²) in [7, 11) is 0. The molecule has 0 spiro atoms. The SMILES string of the molecule is CC.Nc1nc(C#CCC2CCN(C(=O)OCC3CCC3)CC2)nc2c1ncn2[C@@H]1O[C@H](C(=O)NC2CC2)C(O)[C@@H]1O. The van der Waals surface area contributed by atoms with Crippen LogP contribution in [0, 0.1) is 23.7 Å². The van der Waals surface area contributed by atoms with Crippen molar-refractivity contribution < 1.29 is 29.3 Å². The average Bonchev–Trinajstić information content (AvgIpc) is 3.60. The van der Waals surface area contributed by atoms with Gasteiger partial charge in [-0.25, -0.2) is 19.7 Å². The summed E-state index contributed by atoms with van der Waals surface area (Å²) in [6, 6.07) is 0.0906. The first-order valence-electron chi connectivity index (χ1n) is 15.1. The third-order valence-corrected chi connectivity index (χ3v) is 8.27. The molecule has 228 valence electrons. The fourth-order valence-electron chi connectivity index (χ4n) is 5.33. The number of likely N-dealkylation sites (tertiary alicyclic amines) is 1. The molecule has 6 rings (SSSR count). The number of imidazole rings is 1. The van der Waals surface area contributed by atoms with Crippen LogP contribution >= 0.6 is 0 Å². The highest BCUT2D eigenvalue weighted by molar-refractivity contribution is 5.83. The van der Waals surface area contributed by atoms with Crippen LogP contribution in [0.25, 0.3) is 11.2 Å². The first-order chi connectivity index (χ1) is 20.4. The molecule has 42 heavy (non-hydrogen) atoms. The number of anilines is 1. The Morgan fingerprint density at radius 3 is 2.50 bits per heavy atom. The number of ether oxygens (including phenoxy) is 2. The fraction of sp³-hybridized carbons (Fsp3) is 0.690. The summed E-state index contributed by atoms with van der Waals surface area (Å²) in [5, 5.41) is 23.9. The van der Waals surface area contributed by atoms with Crippen LogP contribution in [0.3, 0.4) is 0 Å². The summed E-state index contributed by atoms with van der Waals surface area (Å²) in [5.74, 6) is 6.84. The highest BCUT2D eigenvalue weighted by atomic mass is 16.6. The zero-order valence-corrected chi connectivity index (χ0v) is 24.2. The van der Waals surface area contributed by atoms with Gasteiger partial charge in [0.1, 0.15) is 17.7 Å². The number of rotatable bonds is 6. The van der Waals surface area contributed by atoms with Crippen LogP contribution in [0.4, 0.5) is 10.6 Å². The Morgan fingerprint density at radius 1 is 1.10 bits per heavy atom. The predicted octanol–water partition coefficient (Wildman–Crippen LogP) is 1.72. The van der Waals surface area contributed by atoms with Gasteiger partial charge in [0.2, 0.25) is 5.82 Å². The van der Waals surface area contributed by atoms with Gasteiger partial charge in [-0.15, -0.1) is 0 Å².